The first-order valence-electron chi connectivity index (χ1n) is 14.1. The van der Waals surface area contributed by atoms with Crippen LogP contribution in [0.15, 0.2) is 162 Å². The molecule has 0 fully saturated rings. The van der Waals surface area contributed by atoms with E-state index in [2.05, 4.69) is 120 Å². The van der Waals surface area contributed by atoms with Crippen LogP contribution < -0.4 is 4.90 Å². The summed E-state index contributed by atoms with van der Waals surface area (Å²) in [5.74, 6) is 0.631. The molecule has 8 rings (SSSR count). The molecule has 0 spiro atoms. The van der Waals surface area contributed by atoms with Gasteiger partial charge in [0, 0.05) is 28.0 Å². The van der Waals surface area contributed by atoms with E-state index < -0.39 is 0 Å². The molecule has 1 aromatic heterocycles. The lowest BCUT2D eigenvalue weighted by atomic mass is 10.0. The molecule has 0 aliphatic carbocycles. The summed E-state index contributed by atoms with van der Waals surface area (Å²) < 4.78 is 6.41. The average Bonchev–Trinajstić information content (AvgIpc) is 3.51. The Morgan fingerprint density at radius 2 is 1.00 bits per heavy atom. The van der Waals surface area contributed by atoms with Crippen molar-refractivity contribution in [2.75, 3.05) is 4.90 Å². The smallest absolute Gasteiger partial charge is 0.227 e. The second-order valence-corrected chi connectivity index (χ2v) is 10.5. The van der Waals surface area contributed by atoms with Crippen molar-refractivity contribution in [2.45, 2.75) is 0 Å². The highest BCUT2D eigenvalue weighted by atomic mass is 16.3. The van der Waals surface area contributed by atoms with Crippen molar-refractivity contribution in [2.24, 2.45) is 0 Å². The van der Waals surface area contributed by atoms with Crippen molar-refractivity contribution in [3.05, 3.63) is 158 Å². The molecular formula is C39H26N2O. The van der Waals surface area contributed by atoms with E-state index in [0.29, 0.717) is 5.89 Å². The van der Waals surface area contributed by atoms with Gasteiger partial charge in [-0.25, -0.2) is 4.98 Å². The summed E-state index contributed by atoms with van der Waals surface area (Å²) in [6, 6.07) is 55.2. The van der Waals surface area contributed by atoms with E-state index in [-0.39, 0.29) is 0 Å². The van der Waals surface area contributed by atoms with Crippen molar-refractivity contribution in [3.8, 4) is 22.6 Å². The number of aromatic nitrogens is 1. The van der Waals surface area contributed by atoms with Crippen LogP contribution in [0, 0.1) is 0 Å². The molecular weight excluding hydrogens is 512 g/mol. The Hall–Kier alpha value is -5.67. The van der Waals surface area contributed by atoms with Gasteiger partial charge in [-0.3, -0.25) is 0 Å². The van der Waals surface area contributed by atoms with Crippen LogP contribution >= 0.6 is 0 Å². The number of hydrogen-bond donors (Lipinski definition) is 0. The fourth-order valence-corrected chi connectivity index (χ4v) is 5.73. The van der Waals surface area contributed by atoms with Gasteiger partial charge in [0.05, 0.1) is 0 Å². The Balaban J connectivity index is 1.30. The molecule has 0 amide bonds. The summed E-state index contributed by atoms with van der Waals surface area (Å²) in [5.41, 5.74) is 8.23. The zero-order valence-corrected chi connectivity index (χ0v) is 22.8. The summed E-state index contributed by atoms with van der Waals surface area (Å²) in [6.07, 6.45) is 0. The molecule has 0 N–H and O–H groups in total. The molecule has 42 heavy (non-hydrogen) atoms. The third kappa shape index (κ3) is 4.29. The van der Waals surface area contributed by atoms with E-state index in [1.54, 1.807) is 0 Å². The van der Waals surface area contributed by atoms with E-state index in [0.717, 1.165) is 44.5 Å². The third-order valence-corrected chi connectivity index (χ3v) is 7.86. The maximum absolute atomic E-state index is 6.41. The second kappa shape index (κ2) is 10.1. The Kier molecular flexibility index (Phi) is 5.79. The minimum absolute atomic E-state index is 0.631. The highest BCUT2D eigenvalue weighted by molar-refractivity contribution is 6.05. The summed E-state index contributed by atoms with van der Waals surface area (Å²) in [6.45, 7) is 0. The zero-order valence-electron chi connectivity index (χ0n) is 22.8. The van der Waals surface area contributed by atoms with Gasteiger partial charge in [-0.2, -0.15) is 0 Å². The van der Waals surface area contributed by atoms with Crippen LogP contribution in [0.5, 0.6) is 0 Å². The van der Waals surface area contributed by atoms with Gasteiger partial charge < -0.3 is 9.32 Å². The van der Waals surface area contributed by atoms with E-state index in [9.17, 15) is 0 Å². The number of fused-ring (bicyclic) bond motifs is 4. The number of anilines is 3. The van der Waals surface area contributed by atoms with Gasteiger partial charge in [-0.1, -0.05) is 103 Å². The molecule has 7 aromatic carbocycles. The van der Waals surface area contributed by atoms with Gasteiger partial charge in [0.1, 0.15) is 5.52 Å². The molecule has 3 nitrogen and oxygen atoms in total. The predicted molar refractivity (Wildman–Crippen MR) is 175 cm³/mol. The molecule has 0 radical (unpaired) electrons. The van der Waals surface area contributed by atoms with Crippen LogP contribution in [0.2, 0.25) is 0 Å². The molecule has 0 aliphatic heterocycles. The van der Waals surface area contributed by atoms with Crippen LogP contribution in [-0.4, -0.2) is 4.98 Å². The van der Waals surface area contributed by atoms with Gasteiger partial charge in [-0.05, 0) is 81.9 Å². The highest BCUT2D eigenvalue weighted by Gasteiger charge is 2.17. The van der Waals surface area contributed by atoms with Gasteiger partial charge in [0.2, 0.25) is 5.89 Å². The van der Waals surface area contributed by atoms with Crippen molar-refractivity contribution in [1.82, 2.24) is 4.98 Å². The van der Waals surface area contributed by atoms with Crippen molar-refractivity contribution < 1.29 is 4.42 Å². The summed E-state index contributed by atoms with van der Waals surface area (Å²) in [7, 11) is 0. The summed E-state index contributed by atoms with van der Waals surface area (Å²) in [5, 5.41) is 4.56. The molecule has 8 aromatic rings. The van der Waals surface area contributed by atoms with E-state index >= 15 is 0 Å². The minimum atomic E-state index is 0.631. The molecule has 0 bridgehead atoms. The molecule has 0 aliphatic rings. The van der Waals surface area contributed by atoms with Crippen LogP contribution in [0.3, 0.4) is 0 Å². The van der Waals surface area contributed by atoms with Crippen molar-refractivity contribution >= 4 is 49.7 Å². The molecule has 0 saturated heterocycles. The van der Waals surface area contributed by atoms with Crippen LogP contribution in [0.25, 0.3) is 55.2 Å². The topological polar surface area (TPSA) is 29.3 Å². The lowest BCUT2D eigenvalue weighted by Crippen LogP contribution is -2.09. The highest BCUT2D eigenvalue weighted by Crippen LogP contribution is 2.40. The number of oxazole rings is 1. The molecule has 3 heteroatoms. The summed E-state index contributed by atoms with van der Waals surface area (Å²) >= 11 is 0. The lowest BCUT2D eigenvalue weighted by molar-refractivity contribution is 0.623. The normalized spacial score (nSPS) is 11.3. The first-order chi connectivity index (χ1) is 20.8. The fourth-order valence-electron chi connectivity index (χ4n) is 5.73. The first-order valence-corrected chi connectivity index (χ1v) is 14.1. The van der Waals surface area contributed by atoms with E-state index in [4.69, 9.17) is 9.40 Å². The zero-order chi connectivity index (χ0) is 27.9. The van der Waals surface area contributed by atoms with Crippen LogP contribution in [0.1, 0.15) is 0 Å². The van der Waals surface area contributed by atoms with Gasteiger partial charge in [0.25, 0.3) is 0 Å². The molecule has 198 valence electrons. The SMILES string of the molecule is c1ccc(-c2ccc(N(c3ccc4ccccc4c3)c3ccc4ccc5nc(-c6ccccc6)oc5c4c3)cc2)cc1. The summed E-state index contributed by atoms with van der Waals surface area (Å²) in [4.78, 5) is 7.13. The number of benzene rings is 7. The Labute approximate surface area is 243 Å². The van der Waals surface area contributed by atoms with E-state index in [1.807, 2.05) is 42.5 Å². The van der Waals surface area contributed by atoms with Crippen LogP contribution in [0.4, 0.5) is 17.1 Å². The van der Waals surface area contributed by atoms with Crippen LogP contribution in [-0.2, 0) is 0 Å². The third-order valence-electron chi connectivity index (χ3n) is 7.86. The predicted octanol–water partition coefficient (Wildman–Crippen LogP) is 10.9. The molecule has 0 atom stereocenters. The van der Waals surface area contributed by atoms with E-state index in [1.165, 1.54) is 21.9 Å². The fraction of sp³-hybridized carbons (Fsp3) is 0. The number of nitrogens with zero attached hydrogens (tertiary/aromatic N) is 2. The number of hydrogen-bond acceptors (Lipinski definition) is 3. The molecule has 1 heterocycles. The molecule has 0 unspecified atom stereocenters. The standard InChI is InChI=1S/C39H26N2O/c1-3-9-27(10-4-1)29-15-20-33(21-16-29)41(34-22-17-28-11-7-8-14-32(28)25-34)35-23-18-30-19-24-37-38(36(30)26-35)42-39(40-37)31-12-5-2-6-13-31/h1-26H. The maximum Gasteiger partial charge on any atom is 0.227 e. The Morgan fingerprint density at radius 3 is 1.76 bits per heavy atom. The lowest BCUT2D eigenvalue weighted by Gasteiger charge is -2.26. The monoisotopic (exact) mass is 538 g/mol. The second-order valence-electron chi connectivity index (χ2n) is 10.5. The number of rotatable bonds is 5. The Bertz CT molecular complexity index is 2180. The quantitative estimate of drug-likeness (QED) is 0.218. The Morgan fingerprint density at radius 1 is 0.429 bits per heavy atom. The average molecular weight is 539 g/mol. The van der Waals surface area contributed by atoms with Gasteiger partial charge in [0.15, 0.2) is 5.58 Å². The molecule has 0 saturated carbocycles. The minimum Gasteiger partial charge on any atom is -0.435 e. The first kappa shape index (κ1) is 24.2. The van der Waals surface area contributed by atoms with Gasteiger partial charge >= 0.3 is 0 Å². The maximum atomic E-state index is 6.41. The van der Waals surface area contributed by atoms with Crippen molar-refractivity contribution in [1.29, 1.82) is 0 Å². The van der Waals surface area contributed by atoms with Gasteiger partial charge in [-0.15, -0.1) is 0 Å². The van der Waals surface area contributed by atoms with Crippen molar-refractivity contribution in [3.63, 3.8) is 0 Å². The largest absolute Gasteiger partial charge is 0.435 e.